The molecule has 2 rings (SSSR count). The summed E-state index contributed by atoms with van der Waals surface area (Å²) >= 11 is 0. The van der Waals surface area contributed by atoms with Crippen LogP contribution < -0.4 is 5.32 Å². The number of carbonyl (C=O) groups excluding carboxylic acids is 1. The van der Waals surface area contributed by atoms with E-state index in [1.807, 2.05) is 19.1 Å². The van der Waals surface area contributed by atoms with Crippen LogP contribution >= 0.6 is 12.4 Å². The largest absolute Gasteiger partial charge is 0.338 e. The Morgan fingerprint density at radius 1 is 1.69 bits per heavy atom. The van der Waals surface area contributed by atoms with Gasteiger partial charge in [0, 0.05) is 24.5 Å². The lowest BCUT2D eigenvalue weighted by molar-refractivity contribution is 0.210. The molecule has 1 atom stereocenters. The number of pyridine rings is 1. The average molecular weight is 241 g/mol. The van der Waals surface area contributed by atoms with Gasteiger partial charge in [-0.1, -0.05) is 6.07 Å². The van der Waals surface area contributed by atoms with Gasteiger partial charge in [0.05, 0.1) is 12.3 Å². The molecule has 2 heterocycles. The molecule has 0 radical (unpaired) electrons. The van der Waals surface area contributed by atoms with Crippen LogP contribution in [0.3, 0.4) is 0 Å². The number of rotatable bonds is 2. The zero-order chi connectivity index (χ0) is 10.7. The van der Waals surface area contributed by atoms with E-state index < -0.39 is 0 Å². The van der Waals surface area contributed by atoms with E-state index >= 15 is 0 Å². The van der Waals surface area contributed by atoms with Gasteiger partial charge in [-0.15, -0.1) is 12.4 Å². The maximum Gasteiger partial charge on any atom is 0.338 e. The molecule has 6 heteroatoms. The SMILES string of the molecule is CC1CNC(=O)N1N=Cc1cccnc1.Cl. The Bertz CT molecular complexity index is 382. The van der Waals surface area contributed by atoms with Gasteiger partial charge in [0.1, 0.15) is 0 Å². The normalized spacial score (nSPS) is 19.7. The Labute approximate surface area is 100.0 Å². The number of nitrogens with one attached hydrogen (secondary N) is 1. The summed E-state index contributed by atoms with van der Waals surface area (Å²) in [5.74, 6) is 0. The number of nitrogens with zero attached hydrogens (tertiary/aromatic N) is 3. The predicted octanol–water partition coefficient (Wildman–Crippen LogP) is 1.25. The van der Waals surface area contributed by atoms with Crippen molar-refractivity contribution < 1.29 is 4.79 Å². The monoisotopic (exact) mass is 240 g/mol. The summed E-state index contributed by atoms with van der Waals surface area (Å²) in [7, 11) is 0. The highest BCUT2D eigenvalue weighted by molar-refractivity contribution is 5.85. The van der Waals surface area contributed by atoms with Crippen LogP contribution in [-0.4, -0.2) is 34.8 Å². The third kappa shape index (κ3) is 2.70. The van der Waals surface area contributed by atoms with Crippen LogP contribution in [0.5, 0.6) is 0 Å². The molecule has 0 aliphatic carbocycles. The van der Waals surface area contributed by atoms with Crippen molar-refractivity contribution in [2.45, 2.75) is 13.0 Å². The molecule has 5 nitrogen and oxygen atoms in total. The van der Waals surface area contributed by atoms with Gasteiger partial charge in [-0.2, -0.15) is 5.10 Å². The first-order valence-electron chi connectivity index (χ1n) is 4.78. The van der Waals surface area contributed by atoms with Gasteiger partial charge in [-0.3, -0.25) is 4.98 Å². The Hall–Kier alpha value is -1.62. The number of amides is 2. The second kappa shape index (κ2) is 5.46. The molecule has 0 saturated carbocycles. The highest BCUT2D eigenvalue weighted by atomic mass is 35.5. The summed E-state index contributed by atoms with van der Waals surface area (Å²) in [4.78, 5) is 15.2. The Kier molecular flexibility index (Phi) is 4.25. The van der Waals surface area contributed by atoms with Crippen molar-refractivity contribution in [2.75, 3.05) is 6.54 Å². The highest BCUT2D eigenvalue weighted by Gasteiger charge is 2.26. The lowest BCUT2D eigenvalue weighted by Gasteiger charge is -2.11. The minimum atomic E-state index is -0.150. The van der Waals surface area contributed by atoms with E-state index in [2.05, 4.69) is 15.4 Å². The van der Waals surface area contributed by atoms with Gasteiger partial charge in [0.25, 0.3) is 0 Å². The van der Waals surface area contributed by atoms with Crippen LogP contribution in [-0.2, 0) is 0 Å². The fraction of sp³-hybridized carbons (Fsp3) is 0.300. The summed E-state index contributed by atoms with van der Waals surface area (Å²) in [6.45, 7) is 2.59. The number of hydrogen-bond donors (Lipinski definition) is 1. The summed E-state index contributed by atoms with van der Waals surface area (Å²) in [6, 6.07) is 3.66. The molecule has 1 aliphatic rings. The molecule has 16 heavy (non-hydrogen) atoms. The lowest BCUT2D eigenvalue weighted by Crippen LogP contribution is -2.27. The smallest absolute Gasteiger partial charge is 0.334 e. The number of halogens is 1. The number of hydrogen-bond acceptors (Lipinski definition) is 3. The second-order valence-electron chi connectivity index (χ2n) is 3.41. The van der Waals surface area contributed by atoms with Crippen LogP contribution in [0, 0.1) is 0 Å². The van der Waals surface area contributed by atoms with Gasteiger partial charge >= 0.3 is 6.03 Å². The molecule has 1 saturated heterocycles. The first-order chi connectivity index (χ1) is 7.27. The average Bonchev–Trinajstić information content (AvgIpc) is 2.58. The minimum absolute atomic E-state index is 0. The fourth-order valence-electron chi connectivity index (χ4n) is 1.35. The van der Waals surface area contributed by atoms with Crippen molar-refractivity contribution in [1.29, 1.82) is 0 Å². The fourth-order valence-corrected chi connectivity index (χ4v) is 1.35. The zero-order valence-electron chi connectivity index (χ0n) is 8.83. The van der Waals surface area contributed by atoms with E-state index in [0.717, 1.165) is 5.56 Å². The van der Waals surface area contributed by atoms with E-state index in [1.165, 1.54) is 5.01 Å². The lowest BCUT2D eigenvalue weighted by atomic mass is 10.3. The van der Waals surface area contributed by atoms with E-state index in [4.69, 9.17) is 0 Å². The molecule has 0 spiro atoms. The first kappa shape index (κ1) is 12.4. The van der Waals surface area contributed by atoms with Gasteiger partial charge < -0.3 is 5.32 Å². The number of aromatic nitrogens is 1. The molecule has 2 amide bonds. The Morgan fingerprint density at radius 2 is 2.50 bits per heavy atom. The maximum atomic E-state index is 11.3. The third-order valence-corrected chi connectivity index (χ3v) is 2.19. The van der Waals surface area contributed by atoms with Crippen LogP contribution in [0.4, 0.5) is 4.79 Å². The summed E-state index contributed by atoms with van der Waals surface area (Å²) in [5, 5.41) is 8.26. The van der Waals surface area contributed by atoms with Gasteiger partial charge in [-0.05, 0) is 13.0 Å². The standard InChI is InChI=1S/C10H12N4O.ClH/c1-8-5-12-10(15)14(8)13-7-9-3-2-4-11-6-9;/h2-4,6-8H,5H2,1H3,(H,12,15);1H. The molecule has 1 N–H and O–H groups in total. The second-order valence-corrected chi connectivity index (χ2v) is 3.41. The predicted molar refractivity (Wildman–Crippen MR) is 63.8 cm³/mol. The highest BCUT2D eigenvalue weighted by Crippen LogP contribution is 2.06. The molecule has 86 valence electrons. The third-order valence-electron chi connectivity index (χ3n) is 2.19. The van der Waals surface area contributed by atoms with Crippen molar-refractivity contribution in [2.24, 2.45) is 5.10 Å². The molecule has 1 aliphatic heterocycles. The summed E-state index contributed by atoms with van der Waals surface area (Å²) in [5.41, 5.74) is 0.879. The van der Waals surface area contributed by atoms with Gasteiger partial charge in [0.15, 0.2) is 0 Å². The molecule has 1 aromatic rings. The van der Waals surface area contributed by atoms with E-state index in [-0.39, 0.29) is 24.5 Å². The Morgan fingerprint density at radius 3 is 3.06 bits per heavy atom. The number of hydrazone groups is 1. The molecular weight excluding hydrogens is 228 g/mol. The number of carbonyl (C=O) groups is 1. The molecule has 1 unspecified atom stereocenters. The first-order valence-corrected chi connectivity index (χ1v) is 4.78. The van der Waals surface area contributed by atoms with Crippen molar-refractivity contribution in [3.05, 3.63) is 30.1 Å². The van der Waals surface area contributed by atoms with Crippen LogP contribution in [0.2, 0.25) is 0 Å². The van der Waals surface area contributed by atoms with Gasteiger partial charge in [-0.25, -0.2) is 9.80 Å². The van der Waals surface area contributed by atoms with E-state index in [0.29, 0.717) is 6.54 Å². The molecular formula is C10H13ClN4O. The molecule has 1 fully saturated rings. The van der Waals surface area contributed by atoms with Crippen molar-refractivity contribution in [1.82, 2.24) is 15.3 Å². The van der Waals surface area contributed by atoms with Crippen molar-refractivity contribution >= 4 is 24.7 Å². The quantitative estimate of drug-likeness (QED) is 0.791. The van der Waals surface area contributed by atoms with Crippen molar-refractivity contribution in [3.63, 3.8) is 0 Å². The Balaban J connectivity index is 0.00000128. The topological polar surface area (TPSA) is 57.6 Å². The summed E-state index contributed by atoms with van der Waals surface area (Å²) < 4.78 is 0. The number of urea groups is 1. The van der Waals surface area contributed by atoms with Crippen LogP contribution in [0.1, 0.15) is 12.5 Å². The molecule has 0 aromatic carbocycles. The van der Waals surface area contributed by atoms with E-state index in [9.17, 15) is 4.79 Å². The van der Waals surface area contributed by atoms with Crippen LogP contribution in [0.15, 0.2) is 29.6 Å². The van der Waals surface area contributed by atoms with E-state index in [1.54, 1.807) is 18.6 Å². The molecule has 0 bridgehead atoms. The van der Waals surface area contributed by atoms with Crippen LogP contribution in [0.25, 0.3) is 0 Å². The summed E-state index contributed by atoms with van der Waals surface area (Å²) in [6.07, 6.45) is 5.03. The molecule has 1 aromatic heterocycles. The van der Waals surface area contributed by atoms with Gasteiger partial charge in [0.2, 0.25) is 0 Å². The van der Waals surface area contributed by atoms with Crippen molar-refractivity contribution in [3.8, 4) is 0 Å². The zero-order valence-corrected chi connectivity index (χ0v) is 9.65. The minimum Gasteiger partial charge on any atom is -0.334 e. The maximum absolute atomic E-state index is 11.3.